The Labute approximate surface area is 173 Å². The molecular formula is C24H32N3O2+. The molecule has 1 saturated heterocycles. The second-order valence-corrected chi connectivity index (χ2v) is 8.16. The fourth-order valence-electron chi connectivity index (χ4n) is 4.19. The molecule has 0 aromatic heterocycles. The van der Waals surface area contributed by atoms with Crippen LogP contribution in [0.2, 0.25) is 0 Å². The molecule has 1 heterocycles. The summed E-state index contributed by atoms with van der Waals surface area (Å²) in [6, 6.07) is 21.0. The summed E-state index contributed by atoms with van der Waals surface area (Å²) in [7, 11) is 0. The summed E-state index contributed by atoms with van der Waals surface area (Å²) in [6.45, 7) is 8.58. The number of hydrogen-bond donors (Lipinski definition) is 2. The maximum Gasteiger partial charge on any atom is 0.245 e. The Morgan fingerprint density at radius 3 is 1.79 bits per heavy atom. The first-order chi connectivity index (χ1) is 14.0. The van der Waals surface area contributed by atoms with Gasteiger partial charge in [-0.15, -0.1) is 0 Å². The number of nitrogens with zero attached hydrogens (tertiary/aromatic N) is 1. The van der Waals surface area contributed by atoms with E-state index in [9.17, 15) is 9.59 Å². The van der Waals surface area contributed by atoms with Gasteiger partial charge in [-0.2, -0.15) is 0 Å². The highest BCUT2D eigenvalue weighted by atomic mass is 16.2. The second kappa shape index (κ2) is 9.70. The topological polar surface area (TPSA) is 53.9 Å². The third-order valence-electron chi connectivity index (χ3n) is 5.68. The van der Waals surface area contributed by atoms with Crippen molar-refractivity contribution in [2.24, 2.45) is 5.92 Å². The molecule has 1 fully saturated rings. The monoisotopic (exact) mass is 394 g/mol. The maximum atomic E-state index is 13.0. The third kappa shape index (κ3) is 5.24. The normalized spacial score (nSPS) is 16.1. The van der Waals surface area contributed by atoms with E-state index in [4.69, 9.17) is 0 Å². The van der Waals surface area contributed by atoms with E-state index in [2.05, 4.69) is 53.8 Å². The van der Waals surface area contributed by atoms with Gasteiger partial charge in [0.2, 0.25) is 11.8 Å². The van der Waals surface area contributed by atoms with Crippen molar-refractivity contribution in [1.29, 1.82) is 0 Å². The third-order valence-corrected chi connectivity index (χ3v) is 5.68. The van der Waals surface area contributed by atoms with Crippen LogP contribution in [0.1, 0.15) is 37.9 Å². The highest BCUT2D eigenvalue weighted by Gasteiger charge is 2.34. The highest BCUT2D eigenvalue weighted by molar-refractivity contribution is 5.87. The van der Waals surface area contributed by atoms with Gasteiger partial charge in [-0.25, -0.2) is 0 Å². The maximum absolute atomic E-state index is 13.0. The fourth-order valence-corrected chi connectivity index (χ4v) is 4.19. The van der Waals surface area contributed by atoms with Crippen LogP contribution in [0.4, 0.5) is 0 Å². The minimum atomic E-state index is -0.451. The van der Waals surface area contributed by atoms with Gasteiger partial charge in [-0.3, -0.25) is 9.59 Å². The van der Waals surface area contributed by atoms with E-state index in [1.165, 1.54) is 23.0 Å². The van der Waals surface area contributed by atoms with Crippen molar-refractivity contribution in [1.82, 2.24) is 10.2 Å². The van der Waals surface area contributed by atoms with Gasteiger partial charge in [0.1, 0.15) is 12.1 Å². The zero-order valence-corrected chi connectivity index (χ0v) is 17.6. The molecule has 3 rings (SSSR count). The van der Waals surface area contributed by atoms with Crippen LogP contribution in [0.3, 0.4) is 0 Å². The Kier molecular flexibility index (Phi) is 7.04. The van der Waals surface area contributed by atoms with Crippen LogP contribution in [0.15, 0.2) is 60.7 Å². The van der Waals surface area contributed by atoms with Crippen LogP contribution in [-0.2, 0) is 9.59 Å². The molecule has 2 aromatic rings. The zero-order valence-electron chi connectivity index (χ0n) is 17.6. The van der Waals surface area contributed by atoms with Crippen molar-refractivity contribution in [2.45, 2.75) is 32.9 Å². The Morgan fingerprint density at radius 1 is 0.897 bits per heavy atom. The molecule has 2 aromatic carbocycles. The number of piperazine rings is 1. The molecule has 0 spiro atoms. The molecule has 0 radical (unpaired) electrons. The van der Waals surface area contributed by atoms with Crippen molar-refractivity contribution in [3.63, 3.8) is 0 Å². The molecule has 154 valence electrons. The molecule has 2 amide bonds. The van der Waals surface area contributed by atoms with Crippen LogP contribution < -0.4 is 10.2 Å². The number of benzene rings is 2. The summed E-state index contributed by atoms with van der Waals surface area (Å²) in [6.07, 6.45) is 0. The van der Waals surface area contributed by atoms with Gasteiger partial charge in [-0.1, -0.05) is 74.5 Å². The van der Waals surface area contributed by atoms with E-state index in [0.717, 1.165) is 13.1 Å². The SMILES string of the molecule is CC(=O)N[C@H](C(=O)N1CC[NH+](C(c2ccccc2)c2ccccc2)CC1)C(C)C. The first-order valence-corrected chi connectivity index (χ1v) is 10.5. The molecule has 5 heteroatoms. The second-order valence-electron chi connectivity index (χ2n) is 8.16. The average molecular weight is 395 g/mol. The highest BCUT2D eigenvalue weighted by Crippen LogP contribution is 2.19. The van der Waals surface area contributed by atoms with Crippen LogP contribution in [0.5, 0.6) is 0 Å². The zero-order chi connectivity index (χ0) is 20.8. The van der Waals surface area contributed by atoms with Crippen molar-refractivity contribution in [3.8, 4) is 0 Å². The van der Waals surface area contributed by atoms with Crippen molar-refractivity contribution in [3.05, 3.63) is 71.8 Å². The lowest BCUT2D eigenvalue weighted by Crippen LogP contribution is -3.15. The summed E-state index contributed by atoms with van der Waals surface area (Å²) in [5, 5.41) is 2.83. The molecule has 2 N–H and O–H groups in total. The lowest BCUT2D eigenvalue weighted by molar-refractivity contribution is -0.929. The van der Waals surface area contributed by atoms with Crippen molar-refractivity contribution in [2.75, 3.05) is 26.2 Å². The van der Waals surface area contributed by atoms with Gasteiger partial charge in [0, 0.05) is 18.1 Å². The first-order valence-electron chi connectivity index (χ1n) is 10.5. The van der Waals surface area contributed by atoms with E-state index < -0.39 is 6.04 Å². The summed E-state index contributed by atoms with van der Waals surface area (Å²) < 4.78 is 0. The summed E-state index contributed by atoms with van der Waals surface area (Å²) >= 11 is 0. The number of amides is 2. The quantitative estimate of drug-likeness (QED) is 0.783. The number of carbonyl (C=O) groups excluding carboxylic acids is 2. The van der Waals surface area contributed by atoms with E-state index in [1.54, 1.807) is 0 Å². The molecule has 1 aliphatic heterocycles. The summed E-state index contributed by atoms with van der Waals surface area (Å²) in [4.78, 5) is 27.9. The standard InChI is InChI=1S/C24H31N3O2/c1-18(2)22(25-19(3)28)24(29)27-16-14-26(15-17-27)23(20-10-6-4-7-11-20)21-12-8-5-9-13-21/h4-13,18,22-23H,14-17H2,1-3H3,(H,25,28)/p+1/t22-/m0/s1. The lowest BCUT2D eigenvalue weighted by atomic mass is 9.96. The first kappa shape index (κ1) is 21.1. The van der Waals surface area contributed by atoms with Crippen LogP contribution in [0, 0.1) is 5.92 Å². The van der Waals surface area contributed by atoms with Gasteiger partial charge >= 0.3 is 0 Å². The molecule has 29 heavy (non-hydrogen) atoms. The largest absolute Gasteiger partial charge is 0.344 e. The van der Waals surface area contributed by atoms with Gasteiger partial charge in [-0.05, 0) is 5.92 Å². The summed E-state index contributed by atoms with van der Waals surface area (Å²) in [5.74, 6) is -0.0575. The van der Waals surface area contributed by atoms with E-state index >= 15 is 0 Å². The lowest BCUT2D eigenvalue weighted by Gasteiger charge is -2.38. The van der Waals surface area contributed by atoms with Crippen LogP contribution >= 0.6 is 0 Å². The Hall–Kier alpha value is -2.66. The Balaban J connectivity index is 1.73. The number of quaternary nitrogens is 1. The Morgan fingerprint density at radius 2 is 1.38 bits per heavy atom. The molecule has 0 saturated carbocycles. The van der Waals surface area contributed by atoms with Gasteiger partial charge in [0.15, 0.2) is 0 Å². The predicted octanol–water partition coefficient (Wildman–Crippen LogP) is 1.66. The Bertz CT molecular complexity index is 760. The molecule has 5 nitrogen and oxygen atoms in total. The number of hydrogen-bond acceptors (Lipinski definition) is 2. The van der Waals surface area contributed by atoms with Crippen molar-refractivity contribution < 1.29 is 14.5 Å². The van der Waals surface area contributed by atoms with Gasteiger partial charge < -0.3 is 15.1 Å². The minimum Gasteiger partial charge on any atom is -0.344 e. The van der Waals surface area contributed by atoms with Gasteiger partial charge in [0.25, 0.3) is 0 Å². The van der Waals surface area contributed by atoms with Crippen molar-refractivity contribution >= 4 is 11.8 Å². The minimum absolute atomic E-state index is 0.0326. The predicted molar refractivity (Wildman–Crippen MR) is 114 cm³/mol. The summed E-state index contributed by atoms with van der Waals surface area (Å²) in [5.41, 5.74) is 2.60. The van der Waals surface area contributed by atoms with E-state index in [0.29, 0.717) is 13.1 Å². The van der Waals surface area contributed by atoms with Crippen LogP contribution in [-0.4, -0.2) is 48.9 Å². The average Bonchev–Trinajstić information content (AvgIpc) is 2.73. The molecule has 1 aliphatic rings. The van der Waals surface area contributed by atoms with E-state index in [1.807, 2.05) is 30.9 Å². The molecule has 0 aliphatic carbocycles. The van der Waals surface area contributed by atoms with E-state index in [-0.39, 0.29) is 23.8 Å². The smallest absolute Gasteiger partial charge is 0.245 e. The fraction of sp³-hybridized carbons (Fsp3) is 0.417. The van der Waals surface area contributed by atoms with Gasteiger partial charge in [0.05, 0.1) is 26.2 Å². The molecule has 1 atom stereocenters. The molecular weight excluding hydrogens is 362 g/mol. The number of nitrogens with one attached hydrogen (secondary N) is 2. The number of rotatable bonds is 6. The molecule has 0 bridgehead atoms. The molecule has 0 unspecified atom stereocenters. The van der Waals surface area contributed by atoms with Crippen LogP contribution in [0.25, 0.3) is 0 Å². The number of carbonyl (C=O) groups is 2.